The average Bonchev–Trinajstić information content (AvgIpc) is 2.60. The van der Waals surface area contributed by atoms with Crippen LogP contribution in [0.1, 0.15) is 48.1 Å². The highest BCUT2D eigenvalue weighted by Crippen LogP contribution is 2.31. The molecule has 2 nitrogen and oxygen atoms in total. The van der Waals surface area contributed by atoms with Gasteiger partial charge in [0, 0.05) is 17.5 Å². The fraction of sp³-hybridized carbons (Fsp3) is 0.227. The van der Waals surface area contributed by atoms with Crippen LogP contribution >= 0.6 is 0 Å². The molecule has 0 fully saturated rings. The quantitative estimate of drug-likeness (QED) is 0.303. The molecule has 0 saturated carbocycles. The highest BCUT2D eigenvalue weighted by molar-refractivity contribution is 5.97. The van der Waals surface area contributed by atoms with Crippen LogP contribution in [-0.2, 0) is 0 Å². The number of nitrogen functional groups attached to an aromatic ring is 1. The molecule has 0 bridgehead atoms. The van der Waals surface area contributed by atoms with Crippen molar-refractivity contribution in [3.63, 3.8) is 0 Å². The van der Waals surface area contributed by atoms with Gasteiger partial charge >= 0.3 is 0 Å². The molecule has 0 unspecified atom stereocenters. The molecule has 0 amide bonds. The minimum Gasteiger partial charge on any atom is -0.398 e. The lowest BCUT2D eigenvalue weighted by atomic mass is 9.92. The summed E-state index contributed by atoms with van der Waals surface area (Å²) in [6.07, 6.45) is 6.40. The van der Waals surface area contributed by atoms with Gasteiger partial charge in [0.2, 0.25) is 0 Å². The molecule has 0 spiro atoms. The molecule has 0 radical (unpaired) electrons. The zero-order valence-electron chi connectivity index (χ0n) is 15.3. The summed E-state index contributed by atoms with van der Waals surface area (Å²) in [5, 5.41) is 7.60. The Balaban J connectivity index is 2.71. The van der Waals surface area contributed by atoms with Crippen molar-refractivity contribution in [2.24, 2.45) is 0 Å². The average molecular weight is 336 g/mol. The van der Waals surface area contributed by atoms with Gasteiger partial charge in [-0.05, 0) is 84.9 Å². The first-order valence-electron chi connectivity index (χ1n) is 8.44. The van der Waals surface area contributed by atoms with Gasteiger partial charge in [-0.2, -0.15) is 0 Å². The lowest BCUT2D eigenvalue weighted by Gasteiger charge is -2.14. The molecular weight excluding hydrogens is 311 g/mol. The predicted molar refractivity (Wildman–Crippen MR) is 107 cm³/mol. The van der Waals surface area contributed by atoms with Crippen LogP contribution in [0.25, 0.3) is 11.1 Å². The van der Waals surface area contributed by atoms with E-state index in [0.29, 0.717) is 16.8 Å². The van der Waals surface area contributed by atoms with Crippen LogP contribution in [0, 0.1) is 25.1 Å². The third-order valence-corrected chi connectivity index (χ3v) is 4.40. The topological polar surface area (TPSA) is 49.9 Å². The van der Waals surface area contributed by atoms with Gasteiger partial charge in [-0.3, -0.25) is 0 Å². The van der Waals surface area contributed by atoms with Gasteiger partial charge < -0.3 is 11.1 Å². The van der Waals surface area contributed by atoms with Crippen molar-refractivity contribution >= 4 is 23.0 Å². The molecule has 0 saturated heterocycles. The van der Waals surface area contributed by atoms with Gasteiger partial charge in [0.25, 0.3) is 0 Å². The van der Waals surface area contributed by atoms with Gasteiger partial charge in [-0.25, -0.2) is 4.39 Å². The van der Waals surface area contributed by atoms with E-state index in [1.165, 1.54) is 12.3 Å². The number of halogens is 1. The van der Waals surface area contributed by atoms with Crippen molar-refractivity contribution < 1.29 is 4.39 Å². The van der Waals surface area contributed by atoms with Crippen molar-refractivity contribution in [2.45, 2.75) is 34.1 Å². The van der Waals surface area contributed by atoms with Gasteiger partial charge in [0.05, 0.1) is 0 Å². The van der Waals surface area contributed by atoms with Gasteiger partial charge in [0.1, 0.15) is 5.82 Å². The van der Waals surface area contributed by atoms with Gasteiger partial charge in [-0.1, -0.05) is 25.1 Å². The molecule has 2 aromatic carbocycles. The maximum atomic E-state index is 13.6. The number of rotatable bonds is 5. The highest BCUT2D eigenvalue weighted by atomic mass is 19.1. The summed E-state index contributed by atoms with van der Waals surface area (Å²) in [5.74, 6) is -0.198. The number of hydrogen-bond donors (Lipinski definition) is 2. The van der Waals surface area contributed by atoms with E-state index in [4.69, 9.17) is 11.1 Å². The summed E-state index contributed by atoms with van der Waals surface area (Å²) in [5.41, 5.74) is 13.1. The van der Waals surface area contributed by atoms with Crippen molar-refractivity contribution in [2.75, 3.05) is 5.73 Å². The van der Waals surface area contributed by atoms with Crippen LogP contribution in [-0.4, -0.2) is 6.21 Å². The van der Waals surface area contributed by atoms with Crippen LogP contribution in [0.3, 0.4) is 0 Å². The Hall–Kier alpha value is -2.68. The Labute approximate surface area is 149 Å². The number of benzene rings is 2. The lowest BCUT2D eigenvalue weighted by Crippen LogP contribution is -1.99. The van der Waals surface area contributed by atoms with Crippen molar-refractivity contribution in [1.29, 1.82) is 5.41 Å². The molecular formula is C22H25FN2. The number of anilines is 1. The SMILES string of the molecule is CC/C=C\C(=C(/C)c1ccc(F)c(C)c1)c1cc(C)c(N)c(C=N)c1. The Bertz CT molecular complexity index is 861. The van der Waals surface area contributed by atoms with Crippen LogP contribution < -0.4 is 5.73 Å². The lowest BCUT2D eigenvalue weighted by molar-refractivity contribution is 0.618. The summed E-state index contributed by atoms with van der Waals surface area (Å²) in [6.45, 7) is 7.85. The third-order valence-electron chi connectivity index (χ3n) is 4.40. The zero-order valence-corrected chi connectivity index (χ0v) is 15.3. The molecule has 0 aliphatic heterocycles. The monoisotopic (exact) mass is 336 g/mol. The molecule has 3 N–H and O–H groups in total. The third kappa shape index (κ3) is 4.05. The molecule has 0 aliphatic rings. The number of nitrogens with one attached hydrogen (secondary N) is 1. The maximum Gasteiger partial charge on any atom is 0.126 e. The van der Waals surface area contributed by atoms with Crippen LogP contribution in [0.2, 0.25) is 0 Å². The second-order valence-electron chi connectivity index (χ2n) is 6.25. The molecule has 3 heteroatoms. The van der Waals surface area contributed by atoms with E-state index in [2.05, 4.69) is 19.1 Å². The summed E-state index contributed by atoms with van der Waals surface area (Å²) in [6, 6.07) is 9.15. The Morgan fingerprint density at radius 3 is 2.40 bits per heavy atom. The molecule has 0 heterocycles. The van der Waals surface area contributed by atoms with E-state index in [-0.39, 0.29) is 5.82 Å². The first-order chi connectivity index (χ1) is 11.9. The van der Waals surface area contributed by atoms with Crippen LogP contribution in [0.15, 0.2) is 42.5 Å². The Kier molecular flexibility index (Phi) is 5.92. The van der Waals surface area contributed by atoms with E-state index in [0.717, 1.165) is 34.3 Å². The first-order valence-corrected chi connectivity index (χ1v) is 8.44. The zero-order chi connectivity index (χ0) is 18.6. The minimum absolute atomic E-state index is 0.198. The van der Waals surface area contributed by atoms with Gasteiger partial charge in [0.15, 0.2) is 0 Å². The fourth-order valence-corrected chi connectivity index (χ4v) is 2.81. The summed E-state index contributed by atoms with van der Waals surface area (Å²) in [7, 11) is 0. The molecule has 130 valence electrons. The predicted octanol–water partition coefficient (Wildman–Crippen LogP) is 5.92. The van der Waals surface area contributed by atoms with E-state index in [1.54, 1.807) is 13.0 Å². The second kappa shape index (κ2) is 7.93. The summed E-state index contributed by atoms with van der Waals surface area (Å²) >= 11 is 0. The maximum absolute atomic E-state index is 13.6. The van der Waals surface area contributed by atoms with E-state index < -0.39 is 0 Å². The Morgan fingerprint density at radius 2 is 1.80 bits per heavy atom. The normalized spacial score (nSPS) is 12.4. The largest absolute Gasteiger partial charge is 0.398 e. The van der Waals surface area contributed by atoms with Crippen molar-refractivity contribution in [1.82, 2.24) is 0 Å². The van der Waals surface area contributed by atoms with Crippen LogP contribution in [0.4, 0.5) is 10.1 Å². The molecule has 25 heavy (non-hydrogen) atoms. The standard InChI is InChI=1S/C22H25FN2/c1-5-6-7-20(16(4)17-8-9-21(23)14(2)10-17)18-11-15(3)22(25)19(12-18)13-24/h6-13,24H,5,25H2,1-4H3/b7-6-,20-16-,24-13?. The number of allylic oxidation sites excluding steroid dienone is 4. The molecule has 2 aromatic rings. The minimum atomic E-state index is -0.198. The number of aryl methyl sites for hydroxylation is 2. The molecule has 2 rings (SSSR count). The van der Waals surface area contributed by atoms with E-state index >= 15 is 0 Å². The van der Waals surface area contributed by atoms with Crippen molar-refractivity contribution in [3.05, 3.63) is 76.1 Å². The smallest absolute Gasteiger partial charge is 0.126 e. The highest BCUT2D eigenvalue weighted by Gasteiger charge is 2.10. The second-order valence-corrected chi connectivity index (χ2v) is 6.25. The van der Waals surface area contributed by atoms with E-state index in [9.17, 15) is 4.39 Å². The number of hydrogen-bond acceptors (Lipinski definition) is 2. The molecule has 0 aliphatic carbocycles. The van der Waals surface area contributed by atoms with Gasteiger partial charge in [-0.15, -0.1) is 0 Å². The Morgan fingerprint density at radius 1 is 1.12 bits per heavy atom. The molecule has 0 atom stereocenters. The number of nitrogens with two attached hydrogens (primary N) is 1. The van der Waals surface area contributed by atoms with Crippen LogP contribution in [0.5, 0.6) is 0 Å². The first kappa shape index (κ1) is 18.7. The summed E-state index contributed by atoms with van der Waals surface area (Å²) < 4.78 is 13.6. The van der Waals surface area contributed by atoms with E-state index in [1.807, 2.05) is 32.0 Å². The summed E-state index contributed by atoms with van der Waals surface area (Å²) in [4.78, 5) is 0. The van der Waals surface area contributed by atoms with Crippen molar-refractivity contribution in [3.8, 4) is 0 Å². The molecule has 0 aromatic heterocycles. The fourth-order valence-electron chi connectivity index (χ4n) is 2.81.